The molecule has 0 bridgehead atoms. The molecule has 1 aromatic rings. The van der Waals surface area contributed by atoms with Gasteiger partial charge in [0, 0.05) is 45.0 Å². The summed E-state index contributed by atoms with van der Waals surface area (Å²) >= 11 is 0. The topological polar surface area (TPSA) is 47.6 Å². The summed E-state index contributed by atoms with van der Waals surface area (Å²) in [5.74, 6) is 0.293. The number of likely N-dealkylation sites (N-methyl/N-ethyl adjacent to an activating group) is 1. The molecule has 1 fully saturated rings. The van der Waals surface area contributed by atoms with Crippen molar-refractivity contribution in [3.63, 3.8) is 0 Å². The maximum atomic E-state index is 12.5. The van der Waals surface area contributed by atoms with Gasteiger partial charge in [-0.3, -0.25) is 0 Å². The Morgan fingerprint density at radius 3 is 2.32 bits per heavy atom. The van der Waals surface area contributed by atoms with Gasteiger partial charge in [0.25, 0.3) is 0 Å². The minimum atomic E-state index is -4.38. The van der Waals surface area contributed by atoms with Crippen LogP contribution in [0.3, 0.4) is 0 Å². The van der Waals surface area contributed by atoms with Crippen LogP contribution in [0, 0.1) is 5.92 Å². The summed E-state index contributed by atoms with van der Waals surface area (Å²) in [6.07, 6.45) is -4.38. The SMILES string of the molecule is CC(CNC(=O)Nc1ccc(C(F)(F)F)cc1)CN1CCN(C)CC1. The first kappa shape index (κ1) is 19.5. The Bertz CT molecular complexity index is 554. The molecule has 5 nitrogen and oxygen atoms in total. The summed E-state index contributed by atoms with van der Waals surface area (Å²) in [6.45, 7) is 7.64. The van der Waals surface area contributed by atoms with Crippen molar-refractivity contribution in [3.05, 3.63) is 29.8 Å². The molecule has 8 heteroatoms. The number of rotatable bonds is 5. The van der Waals surface area contributed by atoms with Crippen molar-refractivity contribution >= 4 is 11.7 Å². The number of nitrogens with one attached hydrogen (secondary N) is 2. The van der Waals surface area contributed by atoms with E-state index in [0.717, 1.165) is 44.9 Å². The van der Waals surface area contributed by atoms with Crippen molar-refractivity contribution in [2.24, 2.45) is 5.92 Å². The number of nitrogens with zero attached hydrogens (tertiary/aromatic N) is 2. The van der Waals surface area contributed by atoms with Crippen LogP contribution >= 0.6 is 0 Å². The molecule has 1 unspecified atom stereocenters. The highest BCUT2D eigenvalue weighted by atomic mass is 19.4. The minimum Gasteiger partial charge on any atom is -0.338 e. The normalized spacial score (nSPS) is 18.0. The third-order valence-corrected chi connectivity index (χ3v) is 4.25. The fourth-order valence-corrected chi connectivity index (χ4v) is 2.72. The molecular weight excluding hydrogens is 333 g/mol. The minimum absolute atomic E-state index is 0.293. The number of carbonyl (C=O) groups is 1. The Hall–Kier alpha value is -1.80. The first-order valence-corrected chi connectivity index (χ1v) is 8.37. The average Bonchev–Trinajstić information content (AvgIpc) is 2.55. The van der Waals surface area contributed by atoms with Gasteiger partial charge in [0.1, 0.15) is 0 Å². The Labute approximate surface area is 146 Å². The molecule has 1 aliphatic heterocycles. The molecule has 0 spiro atoms. The van der Waals surface area contributed by atoms with Crippen molar-refractivity contribution in [2.45, 2.75) is 13.1 Å². The highest BCUT2D eigenvalue weighted by Crippen LogP contribution is 2.29. The number of anilines is 1. The van der Waals surface area contributed by atoms with Gasteiger partial charge in [0.05, 0.1) is 5.56 Å². The molecule has 0 aromatic heterocycles. The predicted octanol–water partition coefficient (Wildman–Crippen LogP) is 2.71. The molecule has 1 saturated heterocycles. The van der Waals surface area contributed by atoms with Gasteiger partial charge >= 0.3 is 12.2 Å². The van der Waals surface area contributed by atoms with Gasteiger partial charge in [-0.1, -0.05) is 6.92 Å². The lowest BCUT2D eigenvalue weighted by molar-refractivity contribution is -0.137. The van der Waals surface area contributed by atoms with Crippen molar-refractivity contribution in [1.29, 1.82) is 0 Å². The standard InChI is InChI=1S/C17H25F3N4O/c1-13(12-24-9-7-23(2)8-10-24)11-21-16(25)22-15-5-3-14(4-6-15)17(18,19)20/h3-6,13H,7-12H2,1-2H3,(H2,21,22,25). The summed E-state index contributed by atoms with van der Waals surface area (Å²) in [4.78, 5) is 16.5. The monoisotopic (exact) mass is 358 g/mol. The second kappa shape index (κ2) is 8.53. The summed E-state index contributed by atoms with van der Waals surface area (Å²) in [7, 11) is 2.11. The van der Waals surface area contributed by atoms with Crippen molar-refractivity contribution in [2.75, 3.05) is 51.6 Å². The quantitative estimate of drug-likeness (QED) is 0.851. The molecule has 2 N–H and O–H groups in total. The second-order valence-electron chi connectivity index (χ2n) is 6.62. The van der Waals surface area contributed by atoms with Crippen LogP contribution in [0.5, 0.6) is 0 Å². The second-order valence-corrected chi connectivity index (χ2v) is 6.62. The maximum absolute atomic E-state index is 12.5. The molecule has 140 valence electrons. The lowest BCUT2D eigenvalue weighted by atomic mass is 10.1. The number of urea groups is 1. The van der Waals surface area contributed by atoms with E-state index < -0.39 is 17.8 Å². The van der Waals surface area contributed by atoms with Gasteiger partial charge in [0.2, 0.25) is 0 Å². The van der Waals surface area contributed by atoms with E-state index in [1.807, 2.05) is 0 Å². The first-order valence-electron chi connectivity index (χ1n) is 8.37. The molecular formula is C17H25F3N4O. The van der Waals surface area contributed by atoms with Gasteiger partial charge in [0.15, 0.2) is 0 Å². The van der Waals surface area contributed by atoms with E-state index in [0.29, 0.717) is 18.2 Å². The maximum Gasteiger partial charge on any atom is 0.416 e. The van der Waals surface area contributed by atoms with Crippen LogP contribution in [0.1, 0.15) is 12.5 Å². The summed E-state index contributed by atoms with van der Waals surface area (Å²) in [5.41, 5.74) is -0.406. The highest BCUT2D eigenvalue weighted by Gasteiger charge is 2.30. The molecule has 2 amide bonds. The number of hydrogen-bond acceptors (Lipinski definition) is 3. The number of alkyl halides is 3. The molecule has 0 aliphatic carbocycles. The average molecular weight is 358 g/mol. The van der Waals surface area contributed by atoms with Crippen molar-refractivity contribution < 1.29 is 18.0 Å². The van der Waals surface area contributed by atoms with Crippen molar-refractivity contribution in [3.8, 4) is 0 Å². The van der Waals surface area contributed by atoms with E-state index in [-0.39, 0.29) is 0 Å². The van der Waals surface area contributed by atoms with Gasteiger partial charge in [-0.25, -0.2) is 4.79 Å². The van der Waals surface area contributed by atoms with Crippen LogP contribution in [0.15, 0.2) is 24.3 Å². The molecule has 2 rings (SSSR count). The number of halogens is 3. The fourth-order valence-electron chi connectivity index (χ4n) is 2.72. The lowest BCUT2D eigenvalue weighted by Crippen LogP contribution is -2.47. The lowest BCUT2D eigenvalue weighted by Gasteiger charge is -2.33. The zero-order chi connectivity index (χ0) is 18.4. The third kappa shape index (κ3) is 6.55. The summed E-state index contributed by atoms with van der Waals surface area (Å²) < 4.78 is 37.5. The van der Waals surface area contributed by atoms with Crippen LogP contribution < -0.4 is 10.6 Å². The van der Waals surface area contributed by atoms with Crippen LogP contribution in [0.2, 0.25) is 0 Å². The zero-order valence-corrected chi connectivity index (χ0v) is 14.6. The van der Waals surface area contributed by atoms with Crippen LogP contribution in [0.4, 0.5) is 23.7 Å². The Morgan fingerprint density at radius 2 is 1.76 bits per heavy atom. The van der Waals surface area contributed by atoms with Gasteiger partial charge in [-0.15, -0.1) is 0 Å². The molecule has 1 aromatic carbocycles. The zero-order valence-electron chi connectivity index (χ0n) is 14.6. The van der Waals surface area contributed by atoms with Crippen LogP contribution in [0.25, 0.3) is 0 Å². The first-order chi connectivity index (χ1) is 11.7. The van der Waals surface area contributed by atoms with E-state index in [2.05, 4.69) is 34.4 Å². The largest absolute Gasteiger partial charge is 0.416 e. The predicted molar refractivity (Wildman–Crippen MR) is 91.6 cm³/mol. The van der Waals surface area contributed by atoms with Gasteiger partial charge in [-0.05, 0) is 37.2 Å². The van der Waals surface area contributed by atoms with E-state index in [4.69, 9.17) is 0 Å². The number of benzene rings is 1. The molecule has 1 aliphatic rings. The van der Waals surface area contributed by atoms with E-state index >= 15 is 0 Å². The molecule has 1 heterocycles. The van der Waals surface area contributed by atoms with Gasteiger partial charge < -0.3 is 20.4 Å². The Morgan fingerprint density at radius 1 is 1.16 bits per heavy atom. The van der Waals surface area contributed by atoms with E-state index in [1.54, 1.807) is 0 Å². The molecule has 0 radical (unpaired) electrons. The summed E-state index contributed by atoms with van der Waals surface area (Å²) in [5, 5.41) is 5.31. The summed E-state index contributed by atoms with van der Waals surface area (Å²) in [6, 6.07) is 3.98. The Balaban J connectivity index is 1.71. The van der Waals surface area contributed by atoms with Crippen molar-refractivity contribution in [1.82, 2.24) is 15.1 Å². The highest BCUT2D eigenvalue weighted by molar-refractivity contribution is 5.89. The molecule has 0 saturated carbocycles. The molecule has 1 atom stereocenters. The van der Waals surface area contributed by atoms with E-state index in [1.165, 1.54) is 12.1 Å². The molecule has 25 heavy (non-hydrogen) atoms. The number of amides is 2. The number of carbonyl (C=O) groups excluding carboxylic acids is 1. The smallest absolute Gasteiger partial charge is 0.338 e. The van der Waals surface area contributed by atoms with E-state index in [9.17, 15) is 18.0 Å². The fraction of sp³-hybridized carbons (Fsp3) is 0.588. The number of hydrogen-bond donors (Lipinski definition) is 2. The Kier molecular flexibility index (Phi) is 6.66. The van der Waals surface area contributed by atoms with Gasteiger partial charge in [-0.2, -0.15) is 13.2 Å². The van der Waals surface area contributed by atoms with Crippen LogP contribution in [-0.2, 0) is 6.18 Å². The third-order valence-electron chi connectivity index (χ3n) is 4.25. The number of piperazine rings is 1. The van der Waals surface area contributed by atoms with Crippen LogP contribution in [-0.4, -0.2) is 62.1 Å².